The molecule has 106 valence electrons. The van der Waals surface area contributed by atoms with Crippen molar-refractivity contribution in [2.24, 2.45) is 0 Å². The fourth-order valence-corrected chi connectivity index (χ4v) is 3.15. The maximum Gasteiger partial charge on any atom is 0.171 e. The van der Waals surface area contributed by atoms with Crippen LogP contribution in [0, 0.1) is 0 Å². The molecule has 0 aliphatic heterocycles. The topological polar surface area (TPSA) is 37.8 Å². The molecule has 0 bridgehead atoms. The second kappa shape index (κ2) is 4.85. The van der Waals surface area contributed by atoms with Crippen molar-refractivity contribution in [3.05, 3.63) is 28.8 Å². The first-order valence-corrected chi connectivity index (χ1v) is 7.96. The largest absolute Gasteiger partial charge is 0.373 e. The Morgan fingerprint density at radius 2 is 1.95 bits per heavy atom. The number of hydrogen-bond donors (Lipinski definition) is 1. The second-order valence-electron chi connectivity index (χ2n) is 6.44. The van der Waals surface area contributed by atoms with Gasteiger partial charge in [-0.2, -0.15) is 0 Å². The average Bonchev–Trinajstić information content (AvgIpc) is 3.13. The van der Waals surface area contributed by atoms with Gasteiger partial charge in [-0.05, 0) is 30.4 Å². The normalized spacial score (nSPS) is 15.4. The van der Waals surface area contributed by atoms with Gasteiger partial charge in [-0.15, -0.1) is 11.3 Å². The molecule has 1 fully saturated rings. The van der Waals surface area contributed by atoms with Crippen LogP contribution in [0.4, 0.5) is 5.82 Å². The van der Waals surface area contributed by atoms with Crippen molar-refractivity contribution >= 4 is 17.2 Å². The molecule has 0 atom stereocenters. The third kappa shape index (κ3) is 2.70. The SMILES string of the molecule is CNc1cc(C2CC2)nc(-c2ccc(C(C)(C)C)s2)n1. The quantitative estimate of drug-likeness (QED) is 0.908. The molecule has 4 heteroatoms. The van der Waals surface area contributed by atoms with Crippen molar-refractivity contribution < 1.29 is 0 Å². The molecule has 3 nitrogen and oxygen atoms in total. The predicted molar refractivity (Wildman–Crippen MR) is 85.6 cm³/mol. The smallest absolute Gasteiger partial charge is 0.171 e. The minimum atomic E-state index is 0.183. The average molecular weight is 287 g/mol. The van der Waals surface area contributed by atoms with Crippen LogP contribution in [0.1, 0.15) is 50.1 Å². The van der Waals surface area contributed by atoms with Crippen molar-refractivity contribution in [2.45, 2.75) is 44.9 Å². The van der Waals surface area contributed by atoms with Crippen molar-refractivity contribution in [3.8, 4) is 10.7 Å². The number of aromatic nitrogens is 2. The Morgan fingerprint density at radius 3 is 2.50 bits per heavy atom. The molecule has 1 aliphatic rings. The summed E-state index contributed by atoms with van der Waals surface area (Å²) in [5.74, 6) is 2.42. The predicted octanol–water partition coefficient (Wildman–Crippen LogP) is 4.42. The molecule has 1 N–H and O–H groups in total. The summed E-state index contributed by atoms with van der Waals surface area (Å²) < 4.78 is 0. The van der Waals surface area contributed by atoms with Gasteiger partial charge in [0, 0.05) is 29.6 Å². The first-order valence-electron chi connectivity index (χ1n) is 7.15. The summed E-state index contributed by atoms with van der Waals surface area (Å²) in [5, 5.41) is 3.15. The van der Waals surface area contributed by atoms with Gasteiger partial charge in [0.05, 0.1) is 4.88 Å². The maximum atomic E-state index is 4.77. The molecule has 20 heavy (non-hydrogen) atoms. The van der Waals surface area contributed by atoms with Gasteiger partial charge in [0.25, 0.3) is 0 Å². The molecule has 1 aliphatic carbocycles. The van der Waals surface area contributed by atoms with E-state index in [0.29, 0.717) is 5.92 Å². The van der Waals surface area contributed by atoms with Gasteiger partial charge in [0.1, 0.15) is 5.82 Å². The van der Waals surface area contributed by atoms with Gasteiger partial charge in [-0.3, -0.25) is 0 Å². The Labute approximate surface area is 124 Å². The molecule has 0 saturated heterocycles. The number of nitrogens with one attached hydrogen (secondary N) is 1. The van der Waals surface area contributed by atoms with E-state index in [1.165, 1.54) is 23.4 Å². The van der Waals surface area contributed by atoms with Crippen LogP contribution in [-0.4, -0.2) is 17.0 Å². The molecule has 3 rings (SSSR count). The van der Waals surface area contributed by atoms with Crippen LogP contribution < -0.4 is 5.32 Å². The van der Waals surface area contributed by atoms with E-state index in [4.69, 9.17) is 4.98 Å². The van der Waals surface area contributed by atoms with Crippen molar-refractivity contribution in [3.63, 3.8) is 0 Å². The van der Waals surface area contributed by atoms with Crippen LogP contribution in [0.5, 0.6) is 0 Å². The summed E-state index contributed by atoms with van der Waals surface area (Å²) in [7, 11) is 1.91. The highest BCUT2D eigenvalue weighted by Gasteiger charge is 2.26. The Kier molecular flexibility index (Phi) is 3.28. The number of anilines is 1. The summed E-state index contributed by atoms with van der Waals surface area (Å²) in [6.45, 7) is 6.72. The first-order chi connectivity index (χ1) is 9.47. The molecular weight excluding hydrogens is 266 g/mol. The van der Waals surface area contributed by atoms with E-state index in [-0.39, 0.29) is 5.41 Å². The Bertz CT molecular complexity index is 621. The highest BCUT2D eigenvalue weighted by Crippen LogP contribution is 2.41. The standard InChI is InChI=1S/C16H21N3S/c1-16(2,3)13-8-7-12(20-13)15-18-11(10-5-6-10)9-14(17-4)19-15/h7-10H,5-6H2,1-4H3,(H,17,18,19). The monoisotopic (exact) mass is 287 g/mol. The summed E-state index contributed by atoms with van der Waals surface area (Å²) in [4.78, 5) is 11.9. The molecule has 0 radical (unpaired) electrons. The third-order valence-corrected chi connectivity index (χ3v) is 5.07. The molecule has 0 aromatic carbocycles. The second-order valence-corrected chi connectivity index (χ2v) is 7.52. The molecule has 1 saturated carbocycles. The van der Waals surface area contributed by atoms with Gasteiger partial charge in [0.2, 0.25) is 0 Å². The van der Waals surface area contributed by atoms with E-state index in [9.17, 15) is 0 Å². The van der Waals surface area contributed by atoms with Gasteiger partial charge in [0.15, 0.2) is 5.82 Å². The minimum Gasteiger partial charge on any atom is -0.373 e. The molecule has 0 amide bonds. The van der Waals surface area contributed by atoms with E-state index >= 15 is 0 Å². The molecule has 2 aromatic heterocycles. The molecule has 0 spiro atoms. The fourth-order valence-electron chi connectivity index (χ4n) is 2.15. The first kappa shape index (κ1) is 13.6. The van der Waals surface area contributed by atoms with Crippen molar-refractivity contribution in [1.29, 1.82) is 0 Å². The van der Waals surface area contributed by atoms with E-state index < -0.39 is 0 Å². The Hall–Kier alpha value is -1.42. The number of thiophene rings is 1. The lowest BCUT2D eigenvalue weighted by Gasteiger charge is -2.15. The third-order valence-electron chi connectivity index (χ3n) is 3.56. The lowest BCUT2D eigenvalue weighted by Crippen LogP contribution is -2.07. The van der Waals surface area contributed by atoms with E-state index in [2.05, 4.69) is 49.3 Å². The van der Waals surface area contributed by atoms with Crippen LogP contribution >= 0.6 is 11.3 Å². The van der Waals surface area contributed by atoms with Gasteiger partial charge < -0.3 is 5.32 Å². The van der Waals surface area contributed by atoms with Crippen molar-refractivity contribution in [2.75, 3.05) is 12.4 Å². The van der Waals surface area contributed by atoms with Crippen LogP contribution in [-0.2, 0) is 5.41 Å². The summed E-state index contributed by atoms with van der Waals surface area (Å²) >= 11 is 1.80. The maximum absolute atomic E-state index is 4.77. The van der Waals surface area contributed by atoms with Crippen LogP contribution in [0.2, 0.25) is 0 Å². The summed E-state index contributed by atoms with van der Waals surface area (Å²) in [6, 6.07) is 6.43. The van der Waals surface area contributed by atoms with Gasteiger partial charge >= 0.3 is 0 Å². The zero-order valence-corrected chi connectivity index (χ0v) is 13.3. The molecule has 2 aromatic rings. The highest BCUT2D eigenvalue weighted by atomic mass is 32.1. The van der Waals surface area contributed by atoms with E-state index in [1.54, 1.807) is 11.3 Å². The molecule has 0 unspecified atom stereocenters. The Balaban J connectivity index is 2.00. The van der Waals surface area contributed by atoms with E-state index in [0.717, 1.165) is 16.5 Å². The van der Waals surface area contributed by atoms with Crippen LogP contribution in [0.15, 0.2) is 18.2 Å². The lowest BCUT2D eigenvalue weighted by molar-refractivity contribution is 0.604. The summed E-state index contributed by atoms with van der Waals surface area (Å²) in [6.07, 6.45) is 2.52. The minimum absolute atomic E-state index is 0.183. The number of nitrogens with zero attached hydrogens (tertiary/aromatic N) is 2. The number of rotatable bonds is 3. The van der Waals surface area contributed by atoms with Crippen LogP contribution in [0.25, 0.3) is 10.7 Å². The zero-order valence-electron chi connectivity index (χ0n) is 12.5. The Morgan fingerprint density at radius 1 is 1.20 bits per heavy atom. The number of hydrogen-bond acceptors (Lipinski definition) is 4. The molecule has 2 heterocycles. The summed E-state index contributed by atoms with van der Waals surface area (Å²) in [5.41, 5.74) is 1.37. The van der Waals surface area contributed by atoms with Gasteiger partial charge in [-0.1, -0.05) is 20.8 Å². The van der Waals surface area contributed by atoms with Crippen LogP contribution in [0.3, 0.4) is 0 Å². The lowest BCUT2D eigenvalue weighted by atomic mass is 9.95. The van der Waals surface area contributed by atoms with Gasteiger partial charge in [-0.25, -0.2) is 9.97 Å². The van der Waals surface area contributed by atoms with E-state index in [1.807, 2.05) is 7.05 Å². The molecular formula is C16H21N3S. The fraction of sp³-hybridized carbons (Fsp3) is 0.500. The zero-order chi connectivity index (χ0) is 14.3. The van der Waals surface area contributed by atoms with Crippen molar-refractivity contribution in [1.82, 2.24) is 9.97 Å². The highest BCUT2D eigenvalue weighted by molar-refractivity contribution is 7.15.